The fourth-order valence-corrected chi connectivity index (χ4v) is 6.43. The SMILES string of the molecule is C=C[SiH](O[SiH3])O[SiH2]O[Si](C)(C)C. The molecule has 1 unspecified atom stereocenters. The summed E-state index contributed by atoms with van der Waals surface area (Å²) in [6, 6.07) is 0. The Morgan fingerprint density at radius 3 is 2.42 bits per heavy atom. The first-order chi connectivity index (χ1) is 5.49. The maximum atomic E-state index is 5.64. The Morgan fingerprint density at radius 2 is 2.08 bits per heavy atom. The maximum Gasteiger partial charge on any atom is 0.327 e. The molecular weight excluding hydrogens is 220 g/mol. The molecule has 0 aliphatic rings. The lowest BCUT2D eigenvalue weighted by atomic mass is 11.3. The molecule has 0 aromatic carbocycles. The van der Waals surface area contributed by atoms with Crippen molar-refractivity contribution in [3.05, 3.63) is 12.3 Å². The number of hydrogen-bond donors (Lipinski definition) is 0. The Balaban J connectivity index is 3.48. The van der Waals surface area contributed by atoms with E-state index in [0.29, 0.717) is 0 Å². The molecule has 1 atom stereocenters. The fraction of sp³-hybridized carbons (Fsp3) is 0.600. The second kappa shape index (κ2) is 6.02. The Morgan fingerprint density at radius 1 is 1.50 bits per heavy atom. The molecule has 0 fully saturated rings. The monoisotopic (exact) mass is 238 g/mol. The predicted octanol–water partition coefficient (Wildman–Crippen LogP) is -0.904. The van der Waals surface area contributed by atoms with E-state index < -0.39 is 27.6 Å². The molecule has 0 radical (unpaired) electrons. The molecule has 7 heteroatoms. The zero-order valence-electron chi connectivity index (χ0n) is 8.29. The molecule has 0 amide bonds. The summed E-state index contributed by atoms with van der Waals surface area (Å²) in [4.78, 5) is 0. The number of hydrogen-bond acceptors (Lipinski definition) is 3. The molecule has 0 saturated carbocycles. The van der Waals surface area contributed by atoms with Crippen LogP contribution in [0.5, 0.6) is 0 Å². The lowest BCUT2D eigenvalue weighted by molar-refractivity contribution is 0.413. The van der Waals surface area contributed by atoms with Crippen molar-refractivity contribution < 1.29 is 12.3 Å². The van der Waals surface area contributed by atoms with Crippen LogP contribution in [0.15, 0.2) is 12.3 Å². The van der Waals surface area contributed by atoms with Gasteiger partial charge in [-0.25, -0.2) is 0 Å². The summed E-state index contributed by atoms with van der Waals surface area (Å²) in [6.45, 7) is 10.1. The minimum atomic E-state index is -1.50. The highest BCUT2D eigenvalue weighted by atomic mass is 28.4. The van der Waals surface area contributed by atoms with Gasteiger partial charge in [-0.2, -0.15) is 0 Å². The molecule has 0 N–H and O–H groups in total. The Hall–Kier alpha value is 0.488. The van der Waals surface area contributed by atoms with E-state index in [2.05, 4.69) is 26.2 Å². The third-order valence-electron chi connectivity index (χ3n) is 1.15. The highest BCUT2D eigenvalue weighted by molar-refractivity contribution is 6.74. The quantitative estimate of drug-likeness (QED) is 0.561. The molecule has 0 aromatic heterocycles. The van der Waals surface area contributed by atoms with Crippen molar-refractivity contribution in [2.45, 2.75) is 19.6 Å². The summed E-state index contributed by atoms with van der Waals surface area (Å²) in [5, 5.41) is 0. The topological polar surface area (TPSA) is 27.7 Å². The van der Waals surface area contributed by atoms with Gasteiger partial charge in [-0.1, -0.05) is 5.70 Å². The molecule has 0 saturated heterocycles. The van der Waals surface area contributed by atoms with Crippen LogP contribution in [0, 0.1) is 0 Å². The van der Waals surface area contributed by atoms with E-state index in [9.17, 15) is 0 Å². The predicted molar refractivity (Wildman–Crippen MR) is 62.4 cm³/mol. The summed E-state index contributed by atoms with van der Waals surface area (Å²) >= 11 is 0. The van der Waals surface area contributed by atoms with Crippen molar-refractivity contribution in [1.82, 2.24) is 0 Å². The smallest absolute Gasteiger partial charge is 0.327 e. The van der Waals surface area contributed by atoms with E-state index in [0.717, 1.165) is 10.5 Å². The molecule has 0 rings (SSSR count). The van der Waals surface area contributed by atoms with Crippen LogP contribution >= 0.6 is 0 Å². The van der Waals surface area contributed by atoms with E-state index in [1.807, 2.05) is 0 Å². The molecule has 0 bridgehead atoms. The lowest BCUT2D eigenvalue weighted by Crippen LogP contribution is -2.32. The van der Waals surface area contributed by atoms with Crippen LogP contribution in [-0.2, 0) is 12.3 Å². The third kappa shape index (κ3) is 7.15. The average Bonchev–Trinajstić information content (AvgIpc) is 1.96. The van der Waals surface area contributed by atoms with Crippen LogP contribution in [-0.4, -0.2) is 38.1 Å². The Bertz CT molecular complexity index is 135. The highest BCUT2D eigenvalue weighted by Crippen LogP contribution is 2.01. The van der Waals surface area contributed by atoms with Crippen LogP contribution in [0.3, 0.4) is 0 Å². The van der Waals surface area contributed by atoms with Gasteiger partial charge in [-0.3, -0.25) is 0 Å². The summed E-state index contributed by atoms with van der Waals surface area (Å²) in [5.41, 5.74) is 1.80. The third-order valence-corrected chi connectivity index (χ3v) is 9.19. The van der Waals surface area contributed by atoms with Crippen LogP contribution in [0.1, 0.15) is 0 Å². The number of rotatable bonds is 6. The molecule has 0 heterocycles. The van der Waals surface area contributed by atoms with Gasteiger partial charge in [-0.15, -0.1) is 6.58 Å². The standard InChI is InChI=1S/C5H18O3Si4/c1-5-11(6-9)7-10-8-12(2,3)4/h5,11H,1,10H2,2-4,9H3. The highest BCUT2D eigenvalue weighted by Gasteiger charge is 2.15. The molecule has 12 heavy (non-hydrogen) atoms. The normalized spacial score (nSPS) is 15.6. The average molecular weight is 239 g/mol. The van der Waals surface area contributed by atoms with E-state index in [1.54, 1.807) is 5.70 Å². The van der Waals surface area contributed by atoms with Gasteiger partial charge in [0.1, 0.15) is 10.5 Å². The zero-order valence-corrected chi connectivity index (χ0v) is 13.9. The minimum absolute atomic E-state index is 0.731. The Labute approximate surface area is 82.7 Å². The van der Waals surface area contributed by atoms with Crippen LogP contribution in [0.4, 0.5) is 0 Å². The van der Waals surface area contributed by atoms with Gasteiger partial charge in [0.25, 0.3) is 10.0 Å². The second-order valence-corrected chi connectivity index (χ2v) is 13.4. The van der Waals surface area contributed by atoms with Crippen molar-refractivity contribution >= 4 is 38.1 Å². The molecule has 0 aromatic rings. The molecule has 3 nitrogen and oxygen atoms in total. The van der Waals surface area contributed by atoms with E-state index >= 15 is 0 Å². The minimum Gasteiger partial charge on any atom is -0.444 e. The van der Waals surface area contributed by atoms with Crippen molar-refractivity contribution in [1.29, 1.82) is 0 Å². The molecule has 0 aliphatic heterocycles. The molecule has 0 aliphatic carbocycles. The summed E-state index contributed by atoms with van der Waals surface area (Å²) in [6.07, 6.45) is 0. The van der Waals surface area contributed by atoms with Gasteiger partial charge in [-0.05, 0) is 19.6 Å². The van der Waals surface area contributed by atoms with E-state index in [-0.39, 0.29) is 0 Å². The first kappa shape index (κ1) is 12.5. The second-order valence-electron chi connectivity index (χ2n) is 3.38. The maximum absolute atomic E-state index is 5.64. The van der Waals surface area contributed by atoms with Gasteiger partial charge in [0, 0.05) is 0 Å². The van der Waals surface area contributed by atoms with Crippen molar-refractivity contribution in [3.8, 4) is 0 Å². The van der Waals surface area contributed by atoms with Crippen molar-refractivity contribution in [3.63, 3.8) is 0 Å². The fourth-order valence-electron chi connectivity index (χ4n) is 0.510. The summed E-state index contributed by atoms with van der Waals surface area (Å²) in [7, 11) is -2.95. The van der Waals surface area contributed by atoms with E-state index in [1.165, 1.54) is 0 Å². The molecule has 72 valence electrons. The van der Waals surface area contributed by atoms with Gasteiger partial charge < -0.3 is 12.3 Å². The van der Waals surface area contributed by atoms with Gasteiger partial charge >= 0.3 is 9.28 Å². The van der Waals surface area contributed by atoms with Gasteiger partial charge in [0.05, 0.1) is 0 Å². The molecular formula is C5H18O3Si4. The summed E-state index contributed by atoms with van der Waals surface area (Å²) in [5.74, 6) is 0. The zero-order chi connectivity index (χ0) is 9.61. The first-order valence-electron chi connectivity index (χ1n) is 3.90. The molecule has 0 spiro atoms. The summed E-state index contributed by atoms with van der Waals surface area (Å²) < 4.78 is 16.4. The van der Waals surface area contributed by atoms with E-state index in [4.69, 9.17) is 12.3 Å². The van der Waals surface area contributed by atoms with Gasteiger partial charge in [0.15, 0.2) is 8.32 Å². The van der Waals surface area contributed by atoms with Crippen LogP contribution < -0.4 is 0 Å². The van der Waals surface area contributed by atoms with Gasteiger partial charge in [0.2, 0.25) is 0 Å². The largest absolute Gasteiger partial charge is 0.444 e. The first-order valence-corrected chi connectivity index (χ1v) is 10.9. The lowest BCUT2D eigenvalue weighted by Gasteiger charge is -2.19. The van der Waals surface area contributed by atoms with Crippen LogP contribution in [0.2, 0.25) is 19.6 Å². The Kier molecular flexibility index (Phi) is 6.26. The van der Waals surface area contributed by atoms with Crippen LogP contribution in [0.25, 0.3) is 0 Å². The van der Waals surface area contributed by atoms with Crippen molar-refractivity contribution in [2.75, 3.05) is 0 Å². The van der Waals surface area contributed by atoms with Crippen molar-refractivity contribution in [2.24, 2.45) is 0 Å².